The van der Waals surface area contributed by atoms with Crippen molar-refractivity contribution < 1.29 is 17.1 Å². The molecule has 4 nitrogen and oxygen atoms in total. The molecule has 1 aliphatic rings. The summed E-state index contributed by atoms with van der Waals surface area (Å²) in [5.74, 6) is -0.247. The number of nitrogens with zero attached hydrogens (tertiary/aromatic N) is 1. The topological polar surface area (TPSA) is 54.5 Å². The average Bonchev–Trinajstić information content (AvgIpc) is 2.55. The first-order chi connectivity index (χ1) is 7.45. The van der Waals surface area contributed by atoms with E-state index in [1.54, 1.807) is 0 Å². The number of rotatable bonds is 6. The Morgan fingerprint density at radius 3 is 2.56 bits per heavy atom. The van der Waals surface area contributed by atoms with Crippen molar-refractivity contribution in [1.82, 2.24) is 4.90 Å². The Balaban J connectivity index is 2.37. The van der Waals surface area contributed by atoms with Gasteiger partial charge in [-0.15, -0.1) is 3.89 Å². The molecule has 16 heavy (non-hydrogen) atoms. The minimum absolute atomic E-state index is 0.0177. The first-order valence-electron chi connectivity index (χ1n) is 5.66. The van der Waals surface area contributed by atoms with Gasteiger partial charge in [-0.2, -0.15) is 8.42 Å². The molecule has 0 saturated carbocycles. The zero-order valence-electron chi connectivity index (χ0n) is 9.49. The SMILES string of the molecule is CCCCCCN1CC(S(=O)(=O)F)CC1=O. The maximum absolute atomic E-state index is 12.7. The number of hydrogen-bond acceptors (Lipinski definition) is 3. The van der Waals surface area contributed by atoms with E-state index in [-0.39, 0.29) is 18.9 Å². The second-order valence-corrected chi connectivity index (χ2v) is 5.82. The summed E-state index contributed by atoms with van der Waals surface area (Å²) in [5, 5.41) is -1.15. The second kappa shape index (κ2) is 5.61. The van der Waals surface area contributed by atoms with Crippen molar-refractivity contribution in [2.75, 3.05) is 13.1 Å². The molecule has 1 heterocycles. The Hall–Kier alpha value is -0.650. The standard InChI is InChI=1S/C10H18FNO3S/c1-2-3-4-5-6-12-8-9(7-10(12)13)16(11,14)15/h9H,2-8H2,1H3. The summed E-state index contributed by atoms with van der Waals surface area (Å²) in [4.78, 5) is 12.8. The molecule has 1 saturated heterocycles. The van der Waals surface area contributed by atoms with Gasteiger partial charge < -0.3 is 4.90 Å². The minimum Gasteiger partial charge on any atom is -0.341 e. The van der Waals surface area contributed by atoms with E-state index in [4.69, 9.17) is 0 Å². The average molecular weight is 251 g/mol. The molecule has 6 heteroatoms. The Morgan fingerprint density at radius 2 is 2.06 bits per heavy atom. The molecule has 0 aromatic carbocycles. The maximum Gasteiger partial charge on any atom is 0.307 e. The summed E-state index contributed by atoms with van der Waals surface area (Å²) in [6, 6.07) is 0. The number of likely N-dealkylation sites (tertiary alicyclic amines) is 1. The fourth-order valence-corrected chi connectivity index (χ4v) is 2.57. The highest BCUT2D eigenvalue weighted by Crippen LogP contribution is 2.20. The molecular formula is C10H18FNO3S. The van der Waals surface area contributed by atoms with E-state index in [9.17, 15) is 17.1 Å². The van der Waals surface area contributed by atoms with Gasteiger partial charge in [0.15, 0.2) is 0 Å². The lowest BCUT2D eigenvalue weighted by molar-refractivity contribution is -0.127. The monoisotopic (exact) mass is 251 g/mol. The van der Waals surface area contributed by atoms with Gasteiger partial charge in [0.2, 0.25) is 5.91 Å². The number of hydrogen-bond donors (Lipinski definition) is 0. The number of halogens is 1. The van der Waals surface area contributed by atoms with E-state index in [2.05, 4.69) is 6.92 Å². The number of unbranched alkanes of at least 4 members (excludes halogenated alkanes) is 3. The highest BCUT2D eigenvalue weighted by molar-refractivity contribution is 7.87. The van der Waals surface area contributed by atoms with Crippen molar-refractivity contribution >= 4 is 16.1 Å². The normalized spacial score (nSPS) is 21.8. The summed E-state index contributed by atoms with van der Waals surface area (Å²) in [6.45, 7) is 2.65. The molecule has 0 spiro atoms. The van der Waals surface area contributed by atoms with Crippen molar-refractivity contribution in [3.8, 4) is 0 Å². The van der Waals surface area contributed by atoms with E-state index in [0.29, 0.717) is 6.54 Å². The van der Waals surface area contributed by atoms with Gasteiger partial charge in [-0.05, 0) is 6.42 Å². The Bertz CT molecular complexity index is 342. The van der Waals surface area contributed by atoms with Crippen LogP contribution in [0.4, 0.5) is 3.89 Å². The van der Waals surface area contributed by atoms with Gasteiger partial charge in [-0.25, -0.2) is 0 Å². The lowest BCUT2D eigenvalue weighted by Crippen LogP contribution is -2.28. The molecule has 0 aliphatic carbocycles. The number of carbonyl (C=O) groups is 1. The molecule has 0 radical (unpaired) electrons. The first kappa shape index (κ1) is 13.4. The fourth-order valence-electron chi connectivity index (χ4n) is 1.87. The van der Waals surface area contributed by atoms with Crippen LogP contribution in [0.1, 0.15) is 39.0 Å². The molecule has 0 bridgehead atoms. The van der Waals surface area contributed by atoms with E-state index in [1.807, 2.05) is 0 Å². The van der Waals surface area contributed by atoms with Gasteiger partial charge in [0.1, 0.15) is 5.25 Å². The van der Waals surface area contributed by atoms with Crippen LogP contribution in [0.2, 0.25) is 0 Å². The summed E-state index contributed by atoms with van der Waals surface area (Å²) < 4.78 is 34.0. The summed E-state index contributed by atoms with van der Waals surface area (Å²) in [7, 11) is -4.57. The van der Waals surface area contributed by atoms with Crippen molar-refractivity contribution in [2.24, 2.45) is 0 Å². The van der Waals surface area contributed by atoms with Gasteiger partial charge in [0.05, 0.1) is 0 Å². The van der Waals surface area contributed by atoms with E-state index < -0.39 is 15.5 Å². The molecule has 1 fully saturated rings. The largest absolute Gasteiger partial charge is 0.341 e. The van der Waals surface area contributed by atoms with Gasteiger partial charge in [-0.1, -0.05) is 26.2 Å². The van der Waals surface area contributed by atoms with Crippen LogP contribution in [0, 0.1) is 0 Å². The summed E-state index contributed by atoms with van der Waals surface area (Å²) >= 11 is 0. The zero-order chi connectivity index (χ0) is 12.2. The Morgan fingerprint density at radius 1 is 1.38 bits per heavy atom. The van der Waals surface area contributed by atoms with Crippen molar-refractivity contribution in [3.63, 3.8) is 0 Å². The van der Waals surface area contributed by atoms with Gasteiger partial charge in [0.25, 0.3) is 0 Å². The van der Waals surface area contributed by atoms with Gasteiger partial charge in [-0.3, -0.25) is 4.79 Å². The highest BCUT2D eigenvalue weighted by Gasteiger charge is 2.37. The minimum atomic E-state index is -4.57. The van der Waals surface area contributed by atoms with Crippen LogP contribution in [-0.2, 0) is 15.0 Å². The quantitative estimate of drug-likeness (QED) is 0.530. The molecule has 0 N–H and O–H groups in total. The zero-order valence-corrected chi connectivity index (χ0v) is 10.3. The van der Waals surface area contributed by atoms with Crippen LogP contribution in [0.25, 0.3) is 0 Å². The van der Waals surface area contributed by atoms with E-state index >= 15 is 0 Å². The smallest absolute Gasteiger partial charge is 0.307 e. The lowest BCUT2D eigenvalue weighted by Gasteiger charge is -2.15. The van der Waals surface area contributed by atoms with E-state index in [0.717, 1.165) is 25.7 Å². The predicted octanol–water partition coefficient (Wildman–Crippen LogP) is 1.47. The Kier molecular flexibility index (Phi) is 4.70. The number of amides is 1. The molecule has 0 aromatic heterocycles. The molecule has 1 aliphatic heterocycles. The van der Waals surface area contributed by atoms with Gasteiger partial charge >= 0.3 is 10.2 Å². The predicted molar refractivity (Wildman–Crippen MR) is 59.2 cm³/mol. The maximum atomic E-state index is 12.7. The molecule has 94 valence electrons. The molecule has 1 unspecified atom stereocenters. The van der Waals surface area contributed by atoms with Crippen LogP contribution in [0.3, 0.4) is 0 Å². The van der Waals surface area contributed by atoms with Crippen LogP contribution in [0.15, 0.2) is 0 Å². The summed E-state index contributed by atoms with van der Waals surface area (Å²) in [6.07, 6.45) is 3.89. The third-order valence-electron chi connectivity index (χ3n) is 2.86. The molecule has 1 amide bonds. The van der Waals surface area contributed by atoms with Crippen LogP contribution < -0.4 is 0 Å². The second-order valence-electron chi connectivity index (χ2n) is 4.20. The van der Waals surface area contributed by atoms with Crippen molar-refractivity contribution in [1.29, 1.82) is 0 Å². The third-order valence-corrected chi connectivity index (χ3v) is 3.97. The first-order valence-corrected chi connectivity index (χ1v) is 7.11. The molecular weight excluding hydrogens is 233 g/mol. The molecule has 1 rings (SSSR count). The Labute approximate surface area is 96.0 Å². The third kappa shape index (κ3) is 3.73. The van der Waals surface area contributed by atoms with Crippen molar-refractivity contribution in [2.45, 2.75) is 44.3 Å². The van der Waals surface area contributed by atoms with Crippen LogP contribution in [-0.4, -0.2) is 37.6 Å². The summed E-state index contributed by atoms with van der Waals surface area (Å²) in [5.41, 5.74) is 0. The van der Waals surface area contributed by atoms with Crippen molar-refractivity contribution in [3.05, 3.63) is 0 Å². The molecule has 0 aromatic rings. The molecule has 1 atom stereocenters. The lowest BCUT2D eigenvalue weighted by atomic mass is 10.2. The van der Waals surface area contributed by atoms with Crippen LogP contribution in [0.5, 0.6) is 0 Å². The van der Waals surface area contributed by atoms with E-state index in [1.165, 1.54) is 4.90 Å². The van der Waals surface area contributed by atoms with Crippen LogP contribution >= 0.6 is 0 Å². The fraction of sp³-hybridized carbons (Fsp3) is 0.900. The highest BCUT2D eigenvalue weighted by atomic mass is 32.3. The number of carbonyl (C=O) groups excluding carboxylic acids is 1. The van der Waals surface area contributed by atoms with Gasteiger partial charge in [0, 0.05) is 19.5 Å².